The number of piperidine rings is 1. The largest absolute Gasteiger partial charge is 0.494 e. The Balaban J connectivity index is 1.41. The molecule has 0 amide bonds. The number of likely N-dealkylation sites (tertiary alicyclic amines) is 1. The summed E-state index contributed by atoms with van der Waals surface area (Å²) < 4.78 is 18.8. The van der Waals surface area contributed by atoms with E-state index in [4.69, 9.17) is 4.74 Å². The second kappa shape index (κ2) is 11.6. The van der Waals surface area contributed by atoms with E-state index in [0.717, 1.165) is 56.1 Å². The first kappa shape index (κ1) is 24.5. The highest BCUT2D eigenvalue weighted by Gasteiger charge is 2.32. The summed E-state index contributed by atoms with van der Waals surface area (Å²) in [6, 6.07) is 14.1. The lowest BCUT2D eigenvalue weighted by atomic mass is 9.87. The second-order valence-corrected chi connectivity index (χ2v) is 8.96. The molecule has 1 unspecified atom stereocenters. The fraction of sp³-hybridized carbons (Fsp3) is 0.538. The molecule has 5 nitrogen and oxygen atoms in total. The molecule has 0 aliphatic carbocycles. The first-order valence-corrected chi connectivity index (χ1v) is 11.7. The molecule has 2 aromatic rings. The van der Waals surface area contributed by atoms with Crippen LogP contribution in [0.25, 0.3) is 0 Å². The van der Waals surface area contributed by atoms with Crippen LogP contribution in [0.3, 0.4) is 0 Å². The number of aliphatic hydroxyl groups is 2. The lowest BCUT2D eigenvalue weighted by Crippen LogP contribution is -2.46. The summed E-state index contributed by atoms with van der Waals surface area (Å²) in [6.07, 6.45) is 3.59. The zero-order valence-corrected chi connectivity index (χ0v) is 19.3. The Hall–Kier alpha value is -2.15. The van der Waals surface area contributed by atoms with Crippen LogP contribution in [-0.4, -0.2) is 60.5 Å². The van der Waals surface area contributed by atoms with Gasteiger partial charge >= 0.3 is 0 Å². The number of unbranched alkanes of at least 4 members (excludes halogenated alkanes) is 1. The Labute approximate surface area is 191 Å². The number of halogens is 1. The number of rotatable bonds is 11. The van der Waals surface area contributed by atoms with Crippen molar-refractivity contribution >= 4 is 5.69 Å². The Bertz CT molecular complexity index is 805. The van der Waals surface area contributed by atoms with E-state index in [1.165, 1.54) is 12.1 Å². The predicted molar refractivity (Wildman–Crippen MR) is 127 cm³/mol. The summed E-state index contributed by atoms with van der Waals surface area (Å²) in [5, 5.41) is 21.5. The van der Waals surface area contributed by atoms with Crippen molar-refractivity contribution in [3.63, 3.8) is 0 Å². The lowest BCUT2D eigenvalue weighted by Gasteiger charge is -2.39. The van der Waals surface area contributed by atoms with E-state index in [9.17, 15) is 14.6 Å². The van der Waals surface area contributed by atoms with Crippen LogP contribution >= 0.6 is 0 Å². The molecular weight excluding hydrogens is 407 g/mol. The first-order valence-electron chi connectivity index (χ1n) is 11.7. The molecule has 0 aromatic heterocycles. The van der Waals surface area contributed by atoms with E-state index in [-0.39, 0.29) is 5.82 Å². The molecule has 0 spiro atoms. The highest BCUT2D eigenvalue weighted by atomic mass is 19.1. The molecule has 32 heavy (non-hydrogen) atoms. The van der Waals surface area contributed by atoms with Crippen LogP contribution in [0.2, 0.25) is 0 Å². The predicted octanol–water partition coefficient (Wildman–Crippen LogP) is 4.39. The van der Waals surface area contributed by atoms with Gasteiger partial charge in [0.1, 0.15) is 11.6 Å². The van der Waals surface area contributed by atoms with E-state index < -0.39 is 11.7 Å². The molecule has 6 heteroatoms. The molecule has 2 aromatic carbocycles. The van der Waals surface area contributed by atoms with E-state index in [1.807, 2.05) is 19.2 Å². The maximum Gasteiger partial charge on any atom is 0.123 e. The van der Waals surface area contributed by atoms with Crippen LogP contribution < -0.4 is 9.64 Å². The molecule has 1 saturated heterocycles. The fourth-order valence-electron chi connectivity index (χ4n) is 4.07. The molecule has 2 N–H and O–H groups in total. The van der Waals surface area contributed by atoms with Gasteiger partial charge in [0.05, 0.1) is 18.3 Å². The first-order chi connectivity index (χ1) is 15.4. The number of β-amino-alcohol motifs (C(OH)–C–C–N with tert-alkyl or cyclic N) is 1. The lowest BCUT2D eigenvalue weighted by molar-refractivity contribution is -0.0340. The van der Waals surface area contributed by atoms with Gasteiger partial charge < -0.3 is 24.7 Å². The molecule has 3 rings (SSSR count). The molecule has 1 heterocycles. The van der Waals surface area contributed by atoms with Gasteiger partial charge in [-0.25, -0.2) is 4.39 Å². The maximum atomic E-state index is 13.1. The summed E-state index contributed by atoms with van der Waals surface area (Å²) >= 11 is 0. The standard InChI is InChI=1S/C26H37FN2O3/c1-3-4-19-32-24-11-9-23(10-12-24)28(2)16-13-26(31)14-17-29(18-15-26)20-25(30)21-5-7-22(27)8-6-21/h5-12,25,30-31H,3-4,13-20H2,1-2H3. The number of ether oxygens (including phenoxy) is 1. The van der Waals surface area contributed by atoms with E-state index in [1.54, 1.807) is 12.1 Å². The average Bonchev–Trinajstić information content (AvgIpc) is 2.80. The Morgan fingerprint density at radius 2 is 1.75 bits per heavy atom. The number of nitrogens with zero attached hydrogens (tertiary/aromatic N) is 2. The summed E-state index contributed by atoms with van der Waals surface area (Å²) in [6.45, 7) is 5.64. The van der Waals surface area contributed by atoms with Crippen molar-refractivity contribution in [3.05, 3.63) is 59.9 Å². The van der Waals surface area contributed by atoms with Gasteiger partial charge in [0.25, 0.3) is 0 Å². The normalized spacial score (nSPS) is 17.2. The third-order valence-corrected chi connectivity index (χ3v) is 6.43. The monoisotopic (exact) mass is 444 g/mol. The van der Waals surface area contributed by atoms with Gasteiger partial charge in [0.2, 0.25) is 0 Å². The minimum absolute atomic E-state index is 0.301. The van der Waals surface area contributed by atoms with Gasteiger partial charge in [0, 0.05) is 38.9 Å². The molecule has 0 bridgehead atoms. The minimum atomic E-state index is -0.686. The number of anilines is 1. The summed E-state index contributed by atoms with van der Waals surface area (Å²) in [4.78, 5) is 4.34. The van der Waals surface area contributed by atoms with Crippen molar-refractivity contribution in [1.29, 1.82) is 0 Å². The van der Waals surface area contributed by atoms with Crippen LogP contribution in [-0.2, 0) is 0 Å². The van der Waals surface area contributed by atoms with Gasteiger partial charge in [-0.05, 0) is 67.6 Å². The topological polar surface area (TPSA) is 56.2 Å². The molecule has 0 radical (unpaired) electrons. The van der Waals surface area contributed by atoms with Crippen molar-refractivity contribution in [2.75, 3.05) is 44.7 Å². The molecule has 1 aliphatic heterocycles. The number of benzene rings is 2. The van der Waals surface area contributed by atoms with Crippen LogP contribution in [0, 0.1) is 5.82 Å². The SMILES string of the molecule is CCCCOc1ccc(N(C)CCC2(O)CCN(CC(O)c3ccc(F)cc3)CC2)cc1. The Kier molecular flexibility index (Phi) is 8.91. The third kappa shape index (κ3) is 7.19. The molecule has 0 saturated carbocycles. The van der Waals surface area contributed by atoms with Gasteiger partial charge in [-0.15, -0.1) is 0 Å². The molecule has 1 atom stereocenters. The van der Waals surface area contributed by atoms with Crippen molar-refractivity contribution in [3.8, 4) is 5.75 Å². The summed E-state index contributed by atoms with van der Waals surface area (Å²) in [5.41, 5.74) is 1.14. The van der Waals surface area contributed by atoms with Gasteiger partial charge in [0.15, 0.2) is 0 Å². The highest BCUT2D eigenvalue weighted by Crippen LogP contribution is 2.28. The molecule has 1 fully saturated rings. The zero-order valence-electron chi connectivity index (χ0n) is 19.3. The molecule has 176 valence electrons. The smallest absolute Gasteiger partial charge is 0.123 e. The quantitative estimate of drug-likeness (QED) is 0.504. The average molecular weight is 445 g/mol. The number of aliphatic hydroxyl groups excluding tert-OH is 1. The fourth-order valence-corrected chi connectivity index (χ4v) is 4.07. The zero-order chi connectivity index (χ0) is 23.0. The van der Waals surface area contributed by atoms with Crippen LogP contribution in [0.1, 0.15) is 50.7 Å². The Morgan fingerprint density at radius 1 is 1.09 bits per heavy atom. The van der Waals surface area contributed by atoms with Gasteiger partial charge in [-0.1, -0.05) is 25.5 Å². The van der Waals surface area contributed by atoms with Crippen molar-refractivity contribution in [2.45, 2.75) is 50.7 Å². The minimum Gasteiger partial charge on any atom is -0.494 e. The van der Waals surface area contributed by atoms with E-state index >= 15 is 0 Å². The van der Waals surface area contributed by atoms with Crippen molar-refractivity contribution < 1.29 is 19.3 Å². The van der Waals surface area contributed by atoms with Crippen LogP contribution in [0.5, 0.6) is 5.75 Å². The van der Waals surface area contributed by atoms with Crippen molar-refractivity contribution in [1.82, 2.24) is 4.90 Å². The Morgan fingerprint density at radius 3 is 2.38 bits per heavy atom. The van der Waals surface area contributed by atoms with Crippen molar-refractivity contribution in [2.24, 2.45) is 0 Å². The van der Waals surface area contributed by atoms with E-state index in [0.29, 0.717) is 25.8 Å². The number of hydrogen-bond acceptors (Lipinski definition) is 5. The van der Waals surface area contributed by atoms with Crippen LogP contribution in [0.4, 0.5) is 10.1 Å². The van der Waals surface area contributed by atoms with Gasteiger partial charge in [-0.2, -0.15) is 0 Å². The van der Waals surface area contributed by atoms with E-state index in [2.05, 4.69) is 28.9 Å². The maximum absolute atomic E-state index is 13.1. The summed E-state index contributed by atoms with van der Waals surface area (Å²) in [7, 11) is 2.05. The number of hydrogen-bond donors (Lipinski definition) is 2. The summed E-state index contributed by atoms with van der Waals surface area (Å²) in [5.74, 6) is 0.592. The molecule has 1 aliphatic rings. The molecular formula is C26H37FN2O3. The van der Waals surface area contributed by atoms with Gasteiger partial charge in [-0.3, -0.25) is 0 Å². The van der Waals surface area contributed by atoms with Crippen LogP contribution in [0.15, 0.2) is 48.5 Å². The second-order valence-electron chi connectivity index (χ2n) is 8.96. The highest BCUT2D eigenvalue weighted by molar-refractivity contribution is 5.48. The third-order valence-electron chi connectivity index (χ3n) is 6.43.